The fraction of sp³-hybridized carbons (Fsp3) is 0.465. The van der Waals surface area contributed by atoms with Gasteiger partial charge < -0.3 is 52.8 Å². The summed E-state index contributed by atoms with van der Waals surface area (Å²) in [6, 6.07) is 11.2. The Balaban J connectivity index is 1.56. The van der Waals surface area contributed by atoms with E-state index >= 15 is 0 Å². The van der Waals surface area contributed by atoms with Crippen molar-refractivity contribution >= 4 is 58.1 Å². The first-order valence-electron chi connectivity index (χ1n) is 20.5. The number of carbonyl (C=O) groups is 8. The van der Waals surface area contributed by atoms with E-state index in [1.165, 1.54) is 19.4 Å². The highest BCUT2D eigenvalue weighted by Gasteiger charge is 2.44. The molecule has 4 atom stereocenters. The van der Waals surface area contributed by atoms with Crippen LogP contribution < -0.4 is 38.5 Å². The number of aromatic nitrogens is 1. The minimum Gasteiger partial charge on any atom is -0.466 e. The first-order valence-corrected chi connectivity index (χ1v) is 20.5. The average molecular weight is 860 g/mol. The Morgan fingerprint density at radius 2 is 1.52 bits per heavy atom. The molecule has 2 aromatic carbocycles. The van der Waals surface area contributed by atoms with Gasteiger partial charge in [-0.25, -0.2) is 0 Å². The fourth-order valence-corrected chi connectivity index (χ4v) is 6.89. The summed E-state index contributed by atoms with van der Waals surface area (Å²) >= 11 is 0. The Kier molecular flexibility index (Phi) is 18.3. The number of nitrogens with two attached hydrogens (primary N) is 3. The summed E-state index contributed by atoms with van der Waals surface area (Å²) in [6.45, 7) is 1.76. The number of rotatable bonds is 23. The highest BCUT2D eigenvalue weighted by atomic mass is 16.5. The van der Waals surface area contributed by atoms with Crippen molar-refractivity contribution in [3.8, 4) is 0 Å². The van der Waals surface area contributed by atoms with Crippen LogP contribution >= 0.6 is 0 Å². The maximum atomic E-state index is 14.3. The molecule has 0 saturated carbocycles. The van der Waals surface area contributed by atoms with Gasteiger partial charge in [-0.2, -0.15) is 0 Å². The lowest BCUT2D eigenvalue weighted by Crippen LogP contribution is -2.66. The van der Waals surface area contributed by atoms with Crippen LogP contribution in [0.3, 0.4) is 0 Å². The van der Waals surface area contributed by atoms with E-state index in [1.807, 2.05) is 49.4 Å². The molecule has 334 valence electrons. The number of carbonyl (C=O) groups excluding carboxylic acids is 8. The third kappa shape index (κ3) is 14.6. The molecule has 1 aliphatic rings. The molecule has 1 fully saturated rings. The van der Waals surface area contributed by atoms with Crippen molar-refractivity contribution in [2.45, 2.75) is 94.4 Å². The van der Waals surface area contributed by atoms with Crippen LogP contribution in [0.5, 0.6) is 0 Å². The molecule has 1 saturated heterocycles. The molecule has 0 radical (unpaired) electrons. The van der Waals surface area contributed by atoms with Crippen LogP contribution in [0.2, 0.25) is 0 Å². The van der Waals surface area contributed by atoms with Crippen LogP contribution in [0.1, 0.15) is 63.0 Å². The predicted octanol–water partition coefficient (Wildman–Crippen LogP) is -0.590. The smallest absolute Gasteiger partial charge is 0.305 e. The largest absolute Gasteiger partial charge is 0.466 e. The number of benzene rings is 2. The van der Waals surface area contributed by atoms with Gasteiger partial charge in [0, 0.05) is 58.3 Å². The number of likely N-dealkylation sites (N-methyl/N-ethyl adjacent to an activating group) is 1. The van der Waals surface area contributed by atoms with E-state index in [0.29, 0.717) is 12.0 Å². The number of esters is 1. The molecule has 0 bridgehead atoms. The highest BCUT2D eigenvalue weighted by molar-refractivity contribution is 5.99. The quantitative estimate of drug-likeness (QED) is 0.0465. The van der Waals surface area contributed by atoms with Crippen molar-refractivity contribution < 1.29 is 47.8 Å². The SMILES string of the molecule is CCCCOC(=O)CC[C@H](NC(=O)C1(NC(=O)[C@@H](N)Cc2ccc3ccccc3c2)CCOCC1)C(=O)NC(CC(N)=O)C(=O)N[C@@H](Cc1cccnc1)C(=O)N(C)CC(N)=O. The summed E-state index contributed by atoms with van der Waals surface area (Å²) in [5.41, 5.74) is 16.9. The molecule has 19 heteroatoms. The van der Waals surface area contributed by atoms with E-state index in [1.54, 1.807) is 12.1 Å². The standard InChI is InChI=1S/C43H57N9O10/c1-3-4-18-62-37(55)14-13-32(39(57)48-33(24-35(45)53)40(58)49-34(23-28-8-7-17-47-25-28)41(59)52(2)26-36(46)54)50-42(60)43(15-19-61-20-16-43)51-38(56)31(44)22-27-11-12-29-9-5-6-10-30(29)21-27/h5-12,17,21,25,31-34H,3-4,13-16,18-20,22-24,26,44H2,1-2H3,(H2,45,53)(H2,46,54)(H,48,57)(H,49,58)(H,50,60)(H,51,56)/t31-,32-,33?,34-/m0/s1. The Bertz CT molecular complexity index is 2060. The van der Waals surface area contributed by atoms with E-state index in [4.69, 9.17) is 26.7 Å². The minimum atomic E-state index is -1.67. The average Bonchev–Trinajstić information content (AvgIpc) is 3.24. The molecular formula is C43H57N9O10. The topological polar surface area (TPSA) is 297 Å². The van der Waals surface area contributed by atoms with Crippen molar-refractivity contribution in [2.24, 2.45) is 17.2 Å². The number of pyridine rings is 1. The number of nitrogens with zero attached hydrogens (tertiary/aromatic N) is 2. The molecule has 7 amide bonds. The van der Waals surface area contributed by atoms with Gasteiger partial charge in [0.1, 0.15) is 23.7 Å². The van der Waals surface area contributed by atoms with E-state index in [9.17, 15) is 38.4 Å². The molecular weight excluding hydrogens is 803 g/mol. The number of unbranched alkanes of at least 4 members (excludes halogenated alkanes) is 1. The van der Waals surface area contributed by atoms with Crippen LogP contribution in [0.4, 0.5) is 0 Å². The van der Waals surface area contributed by atoms with Crippen LogP contribution in [0.15, 0.2) is 67.0 Å². The monoisotopic (exact) mass is 859 g/mol. The van der Waals surface area contributed by atoms with Crippen molar-refractivity contribution in [3.05, 3.63) is 78.1 Å². The number of hydrogen-bond donors (Lipinski definition) is 7. The van der Waals surface area contributed by atoms with Gasteiger partial charge in [0.15, 0.2) is 0 Å². The third-order valence-corrected chi connectivity index (χ3v) is 10.4. The predicted molar refractivity (Wildman–Crippen MR) is 226 cm³/mol. The summed E-state index contributed by atoms with van der Waals surface area (Å²) in [6.07, 6.45) is 3.08. The lowest BCUT2D eigenvalue weighted by Gasteiger charge is -2.38. The minimum absolute atomic E-state index is 0.0178. The van der Waals surface area contributed by atoms with Gasteiger partial charge in [-0.15, -0.1) is 0 Å². The maximum absolute atomic E-state index is 14.3. The van der Waals surface area contributed by atoms with Gasteiger partial charge in [-0.3, -0.25) is 43.3 Å². The molecule has 2 heterocycles. The normalized spacial score (nSPS) is 15.1. The van der Waals surface area contributed by atoms with E-state index in [2.05, 4.69) is 26.3 Å². The van der Waals surface area contributed by atoms with E-state index in [0.717, 1.165) is 27.7 Å². The Morgan fingerprint density at radius 3 is 2.18 bits per heavy atom. The van der Waals surface area contributed by atoms with Crippen molar-refractivity contribution in [1.82, 2.24) is 31.2 Å². The highest BCUT2D eigenvalue weighted by Crippen LogP contribution is 2.23. The Hall–Kier alpha value is -6.47. The zero-order chi connectivity index (χ0) is 45.2. The molecule has 0 aliphatic carbocycles. The second-order valence-corrected chi connectivity index (χ2v) is 15.3. The molecule has 1 aromatic heterocycles. The van der Waals surface area contributed by atoms with Crippen LogP contribution in [0.25, 0.3) is 10.8 Å². The van der Waals surface area contributed by atoms with Crippen LogP contribution in [-0.4, -0.2) is 120 Å². The molecule has 10 N–H and O–H groups in total. The zero-order valence-electron chi connectivity index (χ0n) is 35.1. The van der Waals surface area contributed by atoms with Gasteiger partial charge in [0.05, 0.1) is 25.6 Å². The number of amides is 7. The second kappa shape index (κ2) is 23.5. The first kappa shape index (κ1) is 48.2. The Labute approximate surface area is 359 Å². The van der Waals surface area contributed by atoms with E-state index < -0.39 is 90.0 Å². The number of hydrogen-bond acceptors (Lipinski definition) is 12. The molecule has 1 unspecified atom stereocenters. The zero-order valence-corrected chi connectivity index (χ0v) is 35.1. The van der Waals surface area contributed by atoms with Crippen LogP contribution in [0, 0.1) is 0 Å². The maximum Gasteiger partial charge on any atom is 0.305 e. The number of ether oxygens (including phenoxy) is 2. The third-order valence-electron chi connectivity index (χ3n) is 10.4. The Morgan fingerprint density at radius 1 is 0.823 bits per heavy atom. The van der Waals surface area contributed by atoms with Crippen molar-refractivity contribution in [2.75, 3.05) is 33.4 Å². The second-order valence-electron chi connectivity index (χ2n) is 15.3. The molecule has 0 spiro atoms. The van der Waals surface area contributed by atoms with Crippen molar-refractivity contribution in [1.29, 1.82) is 0 Å². The summed E-state index contributed by atoms with van der Waals surface area (Å²) < 4.78 is 10.8. The molecule has 19 nitrogen and oxygen atoms in total. The fourth-order valence-electron chi connectivity index (χ4n) is 6.89. The van der Waals surface area contributed by atoms with Gasteiger partial charge in [-0.05, 0) is 47.2 Å². The number of nitrogens with one attached hydrogen (secondary N) is 4. The summed E-state index contributed by atoms with van der Waals surface area (Å²) in [7, 11) is 1.31. The van der Waals surface area contributed by atoms with Crippen LogP contribution in [-0.2, 0) is 60.7 Å². The first-order chi connectivity index (χ1) is 29.6. The van der Waals surface area contributed by atoms with Crippen molar-refractivity contribution in [3.63, 3.8) is 0 Å². The molecule has 3 aromatic rings. The van der Waals surface area contributed by atoms with Gasteiger partial charge in [0.2, 0.25) is 41.4 Å². The van der Waals surface area contributed by atoms with E-state index in [-0.39, 0.29) is 58.3 Å². The molecule has 1 aliphatic heterocycles. The number of primary amides is 2. The summed E-state index contributed by atoms with van der Waals surface area (Å²) in [5, 5.41) is 12.5. The molecule has 62 heavy (non-hydrogen) atoms. The lowest BCUT2D eigenvalue weighted by atomic mass is 9.87. The van der Waals surface area contributed by atoms with Gasteiger partial charge in [0.25, 0.3) is 0 Å². The summed E-state index contributed by atoms with van der Waals surface area (Å²) in [4.78, 5) is 111. The summed E-state index contributed by atoms with van der Waals surface area (Å²) in [5.74, 6) is -6.53. The van der Waals surface area contributed by atoms with Gasteiger partial charge in [-0.1, -0.05) is 61.9 Å². The number of fused-ring (bicyclic) bond motifs is 1. The lowest BCUT2D eigenvalue weighted by molar-refractivity contribution is -0.145. The van der Waals surface area contributed by atoms with Gasteiger partial charge >= 0.3 is 5.97 Å². The molecule has 4 rings (SSSR count).